The number of nitrogens with zero attached hydrogens (tertiary/aromatic N) is 2. The number of hydrogen-bond acceptors (Lipinski definition) is 3. The van der Waals surface area contributed by atoms with Crippen LogP contribution in [0.5, 0.6) is 0 Å². The Morgan fingerprint density at radius 2 is 2.22 bits per heavy atom. The van der Waals surface area contributed by atoms with Gasteiger partial charge in [0.2, 0.25) is 0 Å². The molecule has 1 saturated carbocycles. The van der Waals surface area contributed by atoms with Gasteiger partial charge in [-0.15, -0.1) is 0 Å². The lowest BCUT2D eigenvalue weighted by Gasteiger charge is -2.35. The lowest BCUT2D eigenvalue weighted by atomic mass is 10.1. The highest BCUT2D eigenvalue weighted by atomic mass is 35.5. The molecule has 2 aliphatic rings. The molecule has 3 nitrogen and oxygen atoms in total. The summed E-state index contributed by atoms with van der Waals surface area (Å²) in [7, 11) is 0. The Balaban J connectivity index is 1.91. The molecule has 3 rings (SSSR count). The highest BCUT2D eigenvalue weighted by molar-refractivity contribution is 6.32. The summed E-state index contributed by atoms with van der Waals surface area (Å²) in [6, 6.07) is 2.71. The van der Waals surface area contributed by atoms with Gasteiger partial charge in [-0.25, -0.2) is 4.98 Å². The summed E-state index contributed by atoms with van der Waals surface area (Å²) in [5, 5.41) is 4.27. The van der Waals surface area contributed by atoms with Gasteiger partial charge in [-0.2, -0.15) is 0 Å². The van der Waals surface area contributed by atoms with Crippen molar-refractivity contribution in [1.29, 1.82) is 0 Å². The Bertz CT molecular complexity index is 448. The molecular weight excluding hydrogens is 246 g/mol. The summed E-state index contributed by atoms with van der Waals surface area (Å²) < 4.78 is 0. The number of nitrogens with one attached hydrogen (secondary N) is 1. The molecule has 96 valence electrons. The minimum absolute atomic E-state index is 0.350. The molecule has 1 aromatic heterocycles. The zero-order valence-electron chi connectivity index (χ0n) is 10.6. The van der Waals surface area contributed by atoms with Crippen molar-refractivity contribution in [1.82, 2.24) is 10.3 Å². The number of rotatable bonds is 3. The summed E-state index contributed by atoms with van der Waals surface area (Å²) in [5.41, 5.74) is 2.21. The van der Waals surface area contributed by atoms with Crippen LogP contribution in [0.25, 0.3) is 0 Å². The van der Waals surface area contributed by atoms with Crippen LogP contribution in [-0.4, -0.2) is 17.2 Å². The van der Waals surface area contributed by atoms with Crippen LogP contribution < -0.4 is 10.2 Å². The lowest BCUT2D eigenvalue weighted by Crippen LogP contribution is -2.45. The van der Waals surface area contributed by atoms with E-state index in [0.717, 1.165) is 18.5 Å². The van der Waals surface area contributed by atoms with Gasteiger partial charge in [-0.3, -0.25) is 5.32 Å². The lowest BCUT2D eigenvalue weighted by molar-refractivity contribution is 0.471. The van der Waals surface area contributed by atoms with Gasteiger partial charge in [-0.05, 0) is 44.2 Å². The molecule has 1 fully saturated rings. The third-order valence-electron chi connectivity index (χ3n) is 3.55. The van der Waals surface area contributed by atoms with Gasteiger partial charge in [0.05, 0.1) is 11.9 Å². The van der Waals surface area contributed by atoms with Crippen LogP contribution in [-0.2, 0) is 0 Å². The zero-order valence-corrected chi connectivity index (χ0v) is 11.3. The molecule has 0 radical (unpaired) electrons. The van der Waals surface area contributed by atoms with E-state index in [0.29, 0.717) is 17.4 Å². The Morgan fingerprint density at radius 3 is 2.94 bits per heavy atom. The summed E-state index contributed by atoms with van der Waals surface area (Å²) in [6.45, 7) is 2.08. The van der Waals surface area contributed by atoms with Crippen LogP contribution >= 0.6 is 11.6 Å². The first-order valence-corrected chi connectivity index (χ1v) is 6.95. The first-order valence-electron chi connectivity index (χ1n) is 6.58. The van der Waals surface area contributed by atoms with Crippen molar-refractivity contribution in [2.45, 2.75) is 44.8 Å². The van der Waals surface area contributed by atoms with Gasteiger partial charge >= 0.3 is 0 Å². The molecule has 0 aromatic carbocycles. The average molecular weight is 264 g/mol. The average Bonchev–Trinajstić information content (AvgIpc) is 3.15. The summed E-state index contributed by atoms with van der Waals surface area (Å²) >= 11 is 6.27. The maximum Gasteiger partial charge on any atom is 0.152 e. The number of aryl methyl sites for hydroxylation is 1. The first-order chi connectivity index (χ1) is 8.75. The van der Waals surface area contributed by atoms with Gasteiger partial charge in [0, 0.05) is 18.4 Å². The maximum absolute atomic E-state index is 6.27. The molecule has 1 aliphatic heterocycles. The summed E-state index contributed by atoms with van der Waals surface area (Å²) in [6.07, 6.45) is 11.3. The Morgan fingerprint density at radius 1 is 1.39 bits per heavy atom. The quantitative estimate of drug-likeness (QED) is 0.849. The Kier molecular flexibility index (Phi) is 3.27. The Hall–Kier alpha value is -1.06. The van der Waals surface area contributed by atoms with Crippen molar-refractivity contribution in [3.05, 3.63) is 35.3 Å². The SMILES string of the molecule is Cc1ccnc(Cl)c1N1C=CCCC1NC1CC1. The fraction of sp³-hybridized carbons (Fsp3) is 0.500. The van der Waals surface area contributed by atoms with E-state index < -0.39 is 0 Å². The third kappa shape index (κ3) is 2.38. The van der Waals surface area contributed by atoms with Crippen molar-refractivity contribution in [2.24, 2.45) is 0 Å². The first kappa shape index (κ1) is 12.0. The van der Waals surface area contributed by atoms with Gasteiger partial charge in [-0.1, -0.05) is 17.7 Å². The van der Waals surface area contributed by atoms with Gasteiger partial charge in [0.1, 0.15) is 0 Å². The molecule has 0 bridgehead atoms. The third-order valence-corrected chi connectivity index (χ3v) is 3.83. The van der Waals surface area contributed by atoms with Crippen LogP contribution in [0.2, 0.25) is 5.15 Å². The molecule has 1 aliphatic carbocycles. The molecular formula is C14H18ClN3. The largest absolute Gasteiger partial charge is 0.330 e. The van der Waals surface area contributed by atoms with E-state index in [4.69, 9.17) is 11.6 Å². The van der Waals surface area contributed by atoms with Crippen molar-refractivity contribution < 1.29 is 0 Å². The number of allylic oxidation sites excluding steroid dienone is 1. The Labute approximate surface area is 113 Å². The van der Waals surface area contributed by atoms with E-state index in [1.165, 1.54) is 18.4 Å². The number of hydrogen-bond donors (Lipinski definition) is 1. The standard InChI is InChI=1S/C14H18ClN3/c1-10-7-8-16-14(15)13(10)18-9-3-2-4-12(18)17-11-5-6-11/h3,7-9,11-12,17H,2,4-6H2,1H3. The van der Waals surface area contributed by atoms with Crippen LogP contribution in [0.15, 0.2) is 24.5 Å². The fourth-order valence-corrected chi connectivity index (χ4v) is 2.73. The van der Waals surface area contributed by atoms with Crippen molar-refractivity contribution >= 4 is 17.3 Å². The monoisotopic (exact) mass is 263 g/mol. The van der Waals surface area contributed by atoms with E-state index in [1.807, 2.05) is 6.07 Å². The van der Waals surface area contributed by atoms with Gasteiger partial charge < -0.3 is 4.90 Å². The second-order valence-corrected chi connectivity index (χ2v) is 5.45. The zero-order chi connectivity index (χ0) is 12.5. The molecule has 1 atom stereocenters. The highest BCUT2D eigenvalue weighted by Crippen LogP contribution is 2.32. The predicted octanol–water partition coefficient (Wildman–Crippen LogP) is 3.24. The topological polar surface area (TPSA) is 28.2 Å². The fourth-order valence-electron chi connectivity index (χ4n) is 2.43. The van der Waals surface area contributed by atoms with Crippen LogP contribution in [0.3, 0.4) is 0 Å². The van der Waals surface area contributed by atoms with Crippen LogP contribution in [0.1, 0.15) is 31.2 Å². The molecule has 0 spiro atoms. The molecule has 18 heavy (non-hydrogen) atoms. The second kappa shape index (κ2) is 4.90. The smallest absolute Gasteiger partial charge is 0.152 e. The number of aromatic nitrogens is 1. The molecule has 1 N–H and O–H groups in total. The molecule has 1 aromatic rings. The summed E-state index contributed by atoms with van der Waals surface area (Å²) in [4.78, 5) is 6.45. The molecule has 1 unspecified atom stereocenters. The van der Waals surface area contributed by atoms with E-state index in [1.54, 1.807) is 6.20 Å². The second-order valence-electron chi connectivity index (χ2n) is 5.09. The minimum atomic E-state index is 0.350. The van der Waals surface area contributed by atoms with E-state index in [9.17, 15) is 0 Å². The van der Waals surface area contributed by atoms with Crippen molar-refractivity contribution in [3.8, 4) is 0 Å². The van der Waals surface area contributed by atoms with Gasteiger partial charge in [0.15, 0.2) is 5.15 Å². The van der Waals surface area contributed by atoms with Gasteiger partial charge in [0.25, 0.3) is 0 Å². The molecule has 0 amide bonds. The molecule has 4 heteroatoms. The summed E-state index contributed by atoms with van der Waals surface area (Å²) in [5.74, 6) is 0. The molecule has 0 saturated heterocycles. The number of anilines is 1. The predicted molar refractivity (Wildman–Crippen MR) is 74.8 cm³/mol. The normalized spacial score (nSPS) is 23.4. The molecule has 2 heterocycles. The van der Waals surface area contributed by atoms with Crippen LogP contribution in [0, 0.1) is 6.92 Å². The maximum atomic E-state index is 6.27. The minimum Gasteiger partial charge on any atom is -0.330 e. The number of halogens is 1. The highest BCUT2D eigenvalue weighted by Gasteiger charge is 2.29. The van der Waals surface area contributed by atoms with Crippen molar-refractivity contribution in [3.63, 3.8) is 0 Å². The van der Waals surface area contributed by atoms with Crippen LogP contribution in [0.4, 0.5) is 5.69 Å². The van der Waals surface area contributed by atoms with E-state index in [2.05, 4.69) is 34.4 Å². The number of pyridine rings is 1. The van der Waals surface area contributed by atoms with E-state index >= 15 is 0 Å². The van der Waals surface area contributed by atoms with E-state index in [-0.39, 0.29) is 0 Å². The van der Waals surface area contributed by atoms with Crippen molar-refractivity contribution in [2.75, 3.05) is 4.90 Å².